The fourth-order valence-electron chi connectivity index (χ4n) is 1.62. The molecule has 3 nitrogen and oxygen atoms in total. The summed E-state index contributed by atoms with van der Waals surface area (Å²) in [5.74, 6) is 1.07. The predicted octanol–water partition coefficient (Wildman–Crippen LogP) is 3.83. The maximum Gasteiger partial charge on any atom is 0.250 e. The molecule has 108 valence electrons. The highest BCUT2D eigenvalue weighted by Crippen LogP contribution is 2.20. The van der Waals surface area contributed by atoms with Gasteiger partial charge in [-0.15, -0.1) is 11.8 Å². The van der Waals surface area contributed by atoms with Crippen molar-refractivity contribution in [1.29, 1.82) is 0 Å². The first-order chi connectivity index (χ1) is 10.3. The molecule has 0 spiro atoms. The molecule has 0 aliphatic carbocycles. The van der Waals surface area contributed by atoms with E-state index in [1.54, 1.807) is 18.0 Å². The molecular weight excluding hydrogens is 348 g/mol. The van der Waals surface area contributed by atoms with Crippen LogP contribution in [0.5, 0.6) is 0 Å². The van der Waals surface area contributed by atoms with Gasteiger partial charge in [0, 0.05) is 10.2 Å². The number of benzene rings is 2. The zero-order valence-corrected chi connectivity index (χ0v) is 13.7. The molecule has 0 heterocycles. The van der Waals surface area contributed by atoms with Crippen molar-refractivity contribution in [3.05, 3.63) is 70.2 Å². The molecule has 2 aromatic rings. The highest BCUT2D eigenvalue weighted by atomic mass is 79.9. The first kappa shape index (κ1) is 15.8. The van der Waals surface area contributed by atoms with Gasteiger partial charge in [0.15, 0.2) is 0 Å². The Morgan fingerprint density at radius 1 is 1.14 bits per heavy atom. The van der Waals surface area contributed by atoms with E-state index in [1.165, 1.54) is 5.56 Å². The summed E-state index contributed by atoms with van der Waals surface area (Å²) in [7, 11) is 0. The Labute approximate surface area is 137 Å². The Morgan fingerprint density at radius 3 is 2.62 bits per heavy atom. The Hall–Kier alpha value is -1.59. The largest absolute Gasteiger partial charge is 0.272 e. The normalized spacial score (nSPS) is 10.7. The van der Waals surface area contributed by atoms with E-state index in [4.69, 9.17) is 0 Å². The van der Waals surface area contributed by atoms with Crippen LogP contribution in [0.2, 0.25) is 0 Å². The molecule has 0 radical (unpaired) electrons. The van der Waals surface area contributed by atoms with Crippen molar-refractivity contribution < 1.29 is 4.79 Å². The summed E-state index contributed by atoms with van der Waals surface area (Å²) in [6.07, 6.45) is 1.64. The maximum atomic E-state index is 11.7. The minimum Gasteiger partial charge on any atom is -0.272 e. The molecule has 0 saturated heterocycles. The molecule has 0 aliphatic heterocycles. The average Bonchev–Trinajstić information content (AvgIpc) is 2.50. The van der Waals surface area contributed by atoms with Crippen molar-refractivity contribution in [2.75, 3.05) is 5.75 Å². The van der Waals surface area contributed by atoms with Gasteiger partial charge in [0.2, 0.25) is 5.91 Å². The number of rotatable bonds is 6. The van der Waals surface area contributed by atoms with Crippen molar-refractivity contribution in [3.8, 4) is 0 Å². The topological polar surface area (TPSA) is 41.5 Å². The van der Waals surface area contributed by atoms with E-state index in [2.05, 4.69) is 26.5 Å². The van der Waals surface area contributed by atoms with E-state index in [0.29, 0.717) is 5.75 Å². The average molecular weight is 363 g/mol. The highest BCUT2D eigenvalue weighted by molar-refractivity contribution is 9.10. The third kappa shape index (κ3) is 5.73. The molecule has 0 aromatic heterocycles. The fourth-order valence-corrected chi connectivity index (χ4v) is 3.05. The van der Waals surface area contributed by atoms with Crippen LogP contribution in [0.3, 0.4) is 0 Å². The number of carbonyl (C=O) groups is 1. The molecular formula is C16H15BrN2OS. The number of hydrogen-bond donors (Lipinski definition) is 1. The lowest BCUT2D eigenvalue weighted by atomic mass is 10.2. The number of halogens is 1. The number of carbonyl (C=O) groups excluding carboxylic acids is 1. The van der Waals surface area contributed by atoms with Crippen molar-refractivity contribution in [2.24, 2.45) is 5.10 Å². The summed E-state index contributed by atoms with van der Waals surface area (Å²) in [4.78, 5) is 11.7. The van der Waals surface area contributed by atoms with Crippen LogP contribution in [0.15, 0.2) is 64.2 Å². The fraction of sp³-hybridized carbons (Fsp3) is 0.125. The summed E-state index contributed by atoms with van der Waals surface area (Å²) in [6, 6.07) is 17.7. The maximum absolute atomic E-state index is 11.7. The SMILES string of the molecule is O=C(CSCc1ccccc1Br)N/N=C/c1ccccc1. The van der Waals surface area contributed by atoms with Gasteiger partial charge in [-0.3, -0.25) is 4.79 Å². The Bertz CT molecular complexity index is 617. The van der Waals surface area contributed by atoms with E-state index in [0.717, 1.165) is 15.8 Å². The van der Waals surface area contributed by atoms with E-state index in [1.807, 2.05) is 54.6 Å². The van der Waals surface area contributed by atoms with E-state index >= 15 is 0 Å². The first-order valence-corrected chi connectivity index (χ1v) is 8.38. The van der Waals surface area contributed by atoms with E-state index in [-0.39, 0.29) is 5.91 Å². The minimum absolute atomic E-state index is 0.0979. The van der Waals surface area contributed by atoms with Crippen molar-refractivity contribution in [2.45, 2.75) is 5.75 Å². The summed E-state index contributed by atoms with van der Waals surface area (Å²) in [5, 5.41) is 3.94. The molecule has 0 bridgehead atoms. The zero-order valence-electron chi connectivity index (χ0n) is 11.3. The smallest absolute Gasteiger partial charge is 0.250 e. The van der Waals surface area contributed by atoms with Gasteiger partial charge in [0.1, 0.15) is 0 Å². The number of thioether (sulfide) groups is 1. The molecule has 0 aliphatic rings. The van der Waals surface area contributed by atoms with Gasteiger partial charge in [-0.2, -0.15) is 5.10 Å². The molecule has 1 amide bonds. The third-order valence-corrected chi connectivity index (χ3v) is 4.41. The molecule has 2 rings (SSSR count). The number of nitrogens with zero attached hydrogens (tertiary/aromatic N) is 1. The molecule has 1 N–H and O–H groups in total. The van der Waals surface area contributed by atoms with Gasteiger partial charge in [0.25, 0.3) is 0 Å². The number of amides is 1. The molecule has 0 saturated carbocycles. The summed E-state index contributed by atoms with van der Waals surface area (Å²) in [6.45, 7) is 0. The van der Waals surface area contributed by atoms with Crippen LogP contribution in [0.1, 0.15) is 11.1 Å². The minimum atomic E-state index is -0.0979. The van der Waals surface area contributed by atoms with Crippen LogP contribution in [-0.2, 0) is 10.5 Å². The lowest BCUT2D eigenvalue weighted by molar-refractivity contribution is -0.118. The summed E-state index contributed by atoms with van der Waals surface area (Å²) >= 11 is 5.05. The Morgan fingerprint density at radius 2 is 1.86 bits per heavy atom. The number of nitrogens with one attached hydrogen (secondary N) is 1. The zero-order chi connectivity index (χ0) is 14.9. The monoisotopic (exact) mass is 362 g/mol. The van der Waals surface area contributed by atoms with Crippen LogP contribution < -0.4 is 5.43 Å². The summed E-state index contributed by atoms with van der Waals surface area (Å²) < 4.78 is 1.07. The number of hydrazone groups is 1. The van der Waals surface area contributed by atoms with Gasteiger partial charge < -0.3 is 0 Å². The van der Waals surface area contributed by atoms with Crippen molar-refractivity contribution in [3.63, 3.8) is 0 Å². The highest BCUT2D eigenvalue weighted by Gasteiger charge is 2.02. The van der Waals surface area contributed by atoms with E-state index in [9.17, 15) is 4.79 Å². The quantitative estimate of drug-likeness (QED) is 0.626. The van der Waals surface area contributed by atoms with Crippen molar-refractivity contribution >= 4 is 39.8 Å². The molecule has 0 unspecified atom stereocenters. The molecule has 2 aromatic carbocycles. The van der Waals surface area contributed by atoms with Gasteiger partial charge >= 0.3 is 0 Å². The molecule has 0 atom stereocenters. The lowest BCUT2D eigenvalue weighted by Gasteiger charge is -2.03. The van der Waals surface area contributed by atoms with Crippen LogP contribution in [0, 0.1) is 0 Å². The van der Waals surface area contributed by atoms with Crippen LogP contribution in [-0.4, -0.2) is 17.9 Å². The van der Waals surface area contributed by atoms with Gasteiger partial charge in [-0.25, -0.2) is 5.43 Å². The lowest BCUT2D eigenvalue weighted by Crippen LogP contribution is -2.19. The second-order valence-electron chi connectivity index (χ2n) is 4.29. The second kappa shape index (κ2) is 8.64. The van der Waals surface area contributed by atoms with Crippen LogP contribution in [0.4, 0.5) is 0 Å². The molecule has 5 heteroatoms. The Balaban J connectivity index is 1.71. The third-order valence-electron chi connectivity index (χ3n) is 2.65. The Kier molecular flexibility index (Phi) is 6.50. The molecule has 21 heavy (non-hydrogen) atoms. The van der Waals surface area contributed by atoms with Gasteiger partial charge in [-0.1, -0.05) is 64.5 Å². The molecule has 0 fully saturated rings. The van der Waals surface area contributed by atoms with Crippen LogP contribution in [0.25, 0.3) is 0 Å². The standard InChI is InChI=1S/C16H15BrN2OS/c17-15-9-5-4-8-14(15)11-21-12-16(20)19-18-10-13-6-2-1-3-7-13/h1-10H,11-12H2,(H,19,20)/b18-10+. The van der Waals surface area contributed by atoms with Gasteiger partial charge in [0.05, 0.1) is 12.0 Å². The van der Waals surface area contributed by atoms with E-state index < -0.39 is 0 Å². The second-order valence-corrected chi connectivity index (χ2v) is 6.13. The first-order valence-electron chi connectivity index (χ1n) is 6.44. The predicted molar refractivity (Wildman–Crippen MR) is 92.5 cm³/mol. The van der Waals surface area contributed by atoms with Crippen LogP contribution >= 0.6 is 27.7 Å². The summed E-state index contributed by atoms with van der Waals surface area (Å²) in [5.41, 5.74) is 4.67. The van der Waals surface area contributed by atoms with Crippen molar-refractivity contribution in [1.82, 2.24) is 5.43 Å². The van der Waals surface area contributed by atoms with Gasteiger partial charge in [-0.05, 0) is 17.2 Å². The number of hydrogen-bond acceptors (Lipinski definition) is 3.